The molecule has 2 heterocycles. The molecule has 4 rings (SSSR count). The van der Waals surface area contributed by atoms with Crippen molar-refractivity contribution < 1.29 is 26.8 Å². The molecule has 0 fully saturated rings. The molecule has 0 saturated carbocycles. The maximum absolute atomic E-state index is 14.0. The first kappa shape index (κ1) is 22.7. The molecule has 8 nitrogen and oxygen atoms in total. The summed E-state index contributed by atoms with van der Waals surface area (Å²) in [4.78, 5) is 4.65. The van der Waals surface area contributed by atoms with Crippen LogP contribution in [0.3, 0.4) is 0 Å². The van der Waals surface area contributed by atoms with Gasteiger partial charge in [0.2, 0.25) is 5.82 Å². The average Bonchev–Trinajstić information content (AvgIpc) is 3.50. The van der Waals surface area contributed by atoms with Gasteiger partial charge in [0.25, 0.3) is 15.9 Å². The molecule has 0 unspecified atom stereocenters. The third kappa shape index (κ3) is 4.29. The third-order valence-corrected chi connectivity index (χ3v) is 7.88. The number of aryl methyl sites for hydroxylation is 1. The number of methoxy groups -OCH3 is 2. The monoisotopic (exact) mass is 489 g/mol. The summed E-state index contributed by atoms with van der Waals surface area (Å²) >= 11 is 1.15. The van der Waals surface area contributed by atoms with Crippen molar-refractivity contribution in [1.82, 2.24) is 10.1 Å². The Hall–Kier alpha value is -3.44. The van der Waals surface area contributed by atoms with Crippen LogP contribution >= 0.6 is 11.3 Å². The van der Waals surface area contributed by atoms with Crippen LogP contribution in [0.25, 0.3) is 22.2 Å². The molecule has 0 aliphatic heterocycles. The molecule has 0 aliphatic carbocycles. The zero-order chi connectivity index (χ0) is 23.8. The number of rotatable bonds is 7. The van der Waals surface area contributed by atoms with Gasteiger partial charge in [0.15, 0.2) is 0 Å². The van der Waals surface area contributed by atoms with Gasteiger partial charge in [-0.1, -0.05) is 11.2 Å². The standard InChI is InChI=1S/C22H20FN3O5S2/c1-13-5-6-15(11-18(13)23)26(2)33(27,28)19-7-8-32-20(19)22-24-21(25-31-22)14-9-16(29-3)12-17(10-14)30-4/h5-12H,1-4H3. The van der Waals surface area contributed by atoms with Gasteiger partial charge in [-0.05, 0) is 48.2 Å². The van der Waals surface area contributed by atoms with Gasteiger partial charge < -0.3 is 14.0 Å². The van der Waals surface area contributed by atoms with E-state index >= 15 is 0 Å². The maximum Gasteiger partial charge on any atom is 0.269 e. The minimum atomic E-state index is -4.02. The molecule has 172 valence electrons. The molecule has 0 saturated heterocycles. The van der Waals surface area contributed by atoms with E-state index in [0.29, 0.717) is 22.6 Å². The van der Waals surface area contributed by atoms with Gasteiger partial charge in [0.05, 0.1) is 19.9 Å². The Labute approximate surface area is 194 Å². The summed E-state index contributed by atoms with van der Waals surface area (Å²) < 4.78 is 57.6. The van der Waals surface area contributed by atoms with Gasteiger partial charge in [0, 0.05) is 18.7 Å². The number of thiophene rings is 1. The molecule has 0 atom stereocenters. The molecule has 33 heavy (non-hydrogen) atoms. The molecule has 0 aliphatic rings. The molecular weight excluding hydrogens is 469 g/mol. The normalized spacial score (nSPS) is 11.4. The van der Waals surface area contributed by atoms with Crippen LogP contribution in [0.4, 0.5) is 10.1 Å². The predicted octanol–water partition coefficient (Wildman–Crippen LogP) is 4.75. The molecule has 0 amide bonds. The van der Waals surface area contributed by atoms with Crippen molar-refractivity contribution in [3.05, 3.63) is 59.2 Å². The first-order valence-electron chi connectivity index (χ1n) is 9.64. The van der Waals surface area contributed by atoms with Crippen LogP contribution in [0.1, 0.15) is 5.56 Å². The van der Waals surface area contributed by atoms with E-state index in [2.05, 4.69) is 10.1 Å². The highest BCUT2D eigenvalue weighted by molar-refractivity contribution is 7.93. The highest BCUT2D eigenvalue weighted by Gasteiger charge is 2.29. The Morgan fingerprint density at radius 2 is 1.76 bits per heavy atom. The van der Waals surface area contributed by atoms with Crippen molar-refractivity contribution >= 4 is 27.0 Å². The van der Waals surface area contributed by atoms with Crippen molar-refractivity contribution in [2.75, 3.05) is 25.6 Å². The van der Waals surface area contributed by atoms with E-state index in [-0.39, 0.29) is 27.2 Å². The van der Waals surface area contributed by atoms with Gasteiger partial charge in [-0.3, -0.25) is 4.31 Å². The second kappa shape index (κ2) is 8.83. The largest absolute Gasteiger partial charge is 0.497 e. The molecule has 11 heteroatoms. The van der Waals surface area contributed by atoms with Gasteiger partial charge in [0.1, 0.15) is 27.1 Å². The van der Waals surface area contributed by atoms with Crippen LogP contribution in [-0.2, 0) is 10.0 Å². The number of aromatic nitrogens is 2. The van der Waals surface area contributed by atoms with Gasteiger partial charge in [-0.15, -0.1) is 11.3 Å². The fourth-order valence-electron chi connectivity index (χ4n) is 3.09. The second-order valence-corrected chi connectivity index (χ2v) is 9.90. The zero-order valence-electron chi connectivity index (χ0n) is 18.2. The summed E-state index contributed by atoms with van der Waals surface area (Å²) in [5.41, 5.74) is 1.20. The highest BCUT2D eigenvalue weighted by Crippen LogP contribution is 2.36. The summed E-state index contributed by atoms with van der Waals surface area (Å²) in [7, 11) is 0.394. The number of benzene rings is 2. The number of sulfonamides is 1. The van der Waals surface area contributed by atoms with Crippen LogP contribution in [0.2, 0.25) is 0 Å². The van der Waals surface area contributed by atoms with E-state index in [0.717, 1.165) is 15.6 Å². The van der Waals surface area contributed by atoms with E-state index in [4.69, 9.17) is 14.0 Å². The van der Waals surface area contributed by atoms with Crippen LogP contribution in [0, 0.1) is 12.7 Å². The molecule has 0 bridgehead atoms. The topological polar surface area (TPSA) is 94.8 Å². The number of hydrogen-bond acceptors (Lipinski definition) is 8. The summed E-state index contributed by atoms with van der Waals surface area (Å²) in [6.07, 6.45) is 0. The minimum Gasteiger partial charge on any atom is -0.497 e. The second-order valence-electron chi connectivity index (χ2n) is 7.04. The number of ether oxygens (including phenoxy) is 2. The van der Waals surface area contributed by atoms with Crippen molar-refractivity contribution in [1.29, 1.82) is 0 Å². The Bertz CT molecular complexity index is 1390. The maximum atomic E-state index is 14.0. The lowest BCUT2D eigenvalue weighted by Crippen LogP contribution is -2.26. The molecule has 0 radical (unpaired) electrons. The molecule has 2 aromatic heterocycles. The zero-order valence-corrected chi connectivity index (χ0v) is 19.8. The quantitative estimate of drug-likeness (QED) is 0.370. The lowest BCUT2D eigenvalue weighted by molar-refractivity contribution is 0.394. The Morgan fingerprint density at radius 1 is 1.06 bits per heavy atom. The molecular formula is C22H20FN3O5S2. The van der Waals surface area contributed by atoms with Gasteiger partial charge in [-0.2, -0.15) is 4.98 Å². The first-order chi connectivity index (χ1) is 15.7. The van der Waals surface area contributed by atoms with Crippen LogP contribution in [0.15, 0.2) is 57.3 Å². The fraction of sp³-hybridized carbons (Fsp3) is 0.182. The van der Waals surface area contributed by atoms with Crippen molar-refractivity contribution in [3.8, 4) is 33.7 Å². The van der Waals surface area contributed by atoms with Crippen LogP contribution in [0.5, 0.6) is 11.5 Å². The molecule has 4 aromatic rings. The van der Waals surface area contributed by atoms with Crippen molar-refractivity contribution in [2.24, 2.45) is 0 Å². The summed E-state index contributed by atoms with van der Waals surface area (Å²) in [5.74, 6) is 0.885. The van der Waals surface area contributed by atoms with Crippen molar-refractivity contribution in [3.63, 3.8) is 0 Å². The summed E-state index contributed by atoms with van der Waals surface area (Å²) in [6.45, 7) is 1.61. The first-order valence-corrected chi connectivity index (χ1v) is 12.0. The van der Waals surface area contributed by atoms with Gasteiger partial charge in [-0.25, -0.2) is 12.8 Å². The summed E-state index contributed by atoms with van der Waals surface area (Å²) in [6, 6.07) is 10.8. The van der Waals surface area contributed by atoms with E-state index < -0.39 is 15.8 Å². The predicted molar refractivity (Wildman–Crippen MR) is 123 cm³/mol. The smallest absolute Gasteiger partial charge is 0.269 e. The number of nitrogens with zero attached hydrogens (tertiary/aromatic N) is 3. The SMILES string of the molecule is COc1cc(OC)cc(-c2noc(-c3sccc3S(=O)(=O)N(C)c3ccc(C)c(F)c3)n2)c1. The lowest BCUT2D eigenvalue weighted by atomic mass is 10.2. The van der Waals surface area contributed by atoms with Crippen molar-refractivity contribution in [2.45, 2.75) is 11.8 Å². The molecule has 2 aromatic carbocycles. The van der Waals surface area contributed by atoms with E-state index in [1.54, 1.807) is 36.6 Å². The fourth-order valence-corrected chi connectivity index (χ4v) is 5.59. The van der Waals surface area contributed by atoms with E-state index in [1.165, 1.54) is 39.5 Å². The highest BCUT2D eigenvalue weighted by atomic mass is 32.2. The summed E-state index contributed by atoms with van der Waals surface area (Å²) in [5, 5.41) is 5.61. The number of halogens is 1. The third-order valence-electron chi connectivity index (χ3n) is 5.02. The van der Waals surface area contributed by atoms with Gasteiger partial charge >= 0.3 is 0 Å². The lowest BCUT2D eigenvalue weighted by Gasteiger charge is -2.19. The van der Waals surface area contributed by atoms with E-state index in [1.807, 2.05) is 0 Å². The Balaban J connectivity index is 1.71. The molecule has 0 spiro atoms. The molecule has 0 N–H and O–H groups in total. The van der Waals surface area contributed by atoms with Crippen LogP contribution in [-0.4, -0.2) is 39.8 Å². The number of anilines is 1. The Kier molecular flexibility index (Phi) is 6.09. The number of hydrogen-bond donors (Lipinski definition) is 0. The Morgan fingerprint density at radius 3 is 2.39 bits per heavy atom. The van der Waals surface area contributed by atoms with Crippen LogP contribution < -0.4 is 13.8 Å². The average molecular weight is 490 g/mol. The van der Waals surface area contributed by atoms with E-state index in [9.17, 15) is 12.8 Å². The minimum absolute atomic E-state index is 0.0191.